The molecule has 1 N–H and O–H groups in total. The van der Waals surface area contributed by atoms with Crippen LogP contribution in [0.15, 0.2) is 18.5 Å². The van der Waals surface area contributed by atoms with Crippen LogP contribution in [0, 0.1) is 0 Å². The molecule has 0 aromatic carbocycles. The van der Waals surface area contributed by atoms with Gasteiger partial charge in [-0.2, -0.15) is 0 Å². The molecule has 1 atom stereocenters. The Morgan fingerprint density at radius 1 is 1.46 bits per heavy atom. The van der Waals surface area contributed by atoms with E-state index in [1.165, 1.54) is 0 Å². The maximum absolute atomic E-state index is 5.66. The van der Waals surface area contributed by atoms with E-state index in [9.17, 15) is 0 Å². The van der Waals surface area contributed by atoms with E-state index in [2.05, 4.69) is 22.2 Å². The number of alkyl halides is 1. The van der Waals surface area contributed by atoms with Gasteiger partial charge in [0, 0.05) is 24.3 Å². The van der Waals surface area contributed by atoms with Gasteiger partial charge in [0.1, 0.15) is 0 Å². The van der Waals surface area contributed by atoms with Crippen molar-refractivity contribution in [3.63, 3.8) is 0 Å². The molecule has 72 valence electrons. The molecular weight excluding hydrogens is 186 g/mol. The zero-order valence-electron chi connectivity index (χ0n) is 7.70. The number of nitrogens with one attached hydrogen (secondary N) is 1. The highest BCUT2D eigenvalue weighted by molar-refractivity contribution is 6.17. The average Bonchev–Trinajstić information content (AvgIpc) is 2.19. The smallest absolute Gasteiger partial charge is 0.222 e. The van der Waals surface area contributed by atoms with Crippen molar-refractivity contribution in [1.82, 2.24) is 9.97 Å². The number of anilines is 1. The highest BCUT2D eigenvalue weighted by Crippen LogP contribution is 2.05. The van der Waals surface area contributed by atoms with E-state index in [0.717, 1.165) is 12.8 Å². The summed E-state index contributed by atoms with van der Waals surface area (Å²) in [5, 5.41) is 3.22. The lowest BCUT2D eigenvalue weighted by molar-refractivity contribution is 0.668. The molecule has 0 saturated carbocycles. The Kier molecular flexibility index (Phi) is 4.54. The fourth-order valence-electron chi connectivity index (χ4n) is 1.07. The van der Waals surface area contributed by atoms with Crippen LogP contribution in [0.1, 0.15) is 19.8 Å². The van der Waals surface area contributed by atoms with Crippen molar-refractivity contribution in [3.05, 3.63) is 18.5 Å². The fraction of sp³-hybridized carbons (Fsp3) is 0.556. The number of halogens is 1. The van der Waals surface area contributed by atoms with Crippen molar-refractivity contribution in [2.24, 2.45) is 0 Å². The van der Waals surface area contributed by atoms with Gasteiger partial charge in [-0.25, -0.2) is 9.97 Å². The van der Waals surface area contributed by atoms with E-state index in [1.54, 1.807) is 18.5 Å². The Bertz CT molecular complexity index is 228. The van der Waals surface area contributed by atoms with E-state index >= 15 is 0 Å². The summed E-state index contributed by atoms with van der Waals surface area (Å²) in [4.78, 5) is 8.17. The van der Waals surface area contributed by atoms with Gasteiger partial charge < -0.3 is 5.32 Å². The number of nitrogens with zero attached hydrogens (tertiary/aromatic N) is 2. The van der Waals surface area contributed by atoms with Crippen molar-refractivity contribution in [3.8, 4) is 0 Å². The molecule has 0 fully saturated rings. The van der Waals surface area contributed by atoms with Crippen molar-refractivity contribution < 1.29 is 0 Å². The zero-order valence-corrected chi connectivity index (χ0v) is 8.46. The normalized spacial score (nSPS) is 12.5. The molecule has 1 aromatic rings. The Balaban J connectivity index is 2.46. The monoisotopic (exact) mass is 199 g/mol. The molecule has 13 heavy (non-hydrogen) atoms. The summed E-state index contributed by atoms with van der Waals surface area (Å²) in [6.07, 6.45) is 5.42. The molecule has 1 aromatic heterocycles. The average molecular weight is 200 g/mol. The molecule has 0 bridgehead atoms. The molecular formula is C9H14ClN3. The molecule has 0 aliphatic heterocycles. The molecule has 1 heterocycles. The molecule has 0 spiro atoms. The van der Waals surface area contributed by atoms with Crippen molar-refractivity contribution in [2.45, 2.75) is 25.8 Å². The lowest BCUT2D eigenvalue weighted by atomic mass is 10.2. The first kappa shape index (κ1) is 10.3. The maximum atomic E-state index is 5.66. The van der Waals surface area contributed by atoms with Gasteiger partial charge in [0.2, 0.25) is 5.95 Å². The van der Waals surface area contributed by atoms with Gasteiger partial charge in [-0.1, -0.05) is 6.92 Å². The number of aromatic nitrogens is 2. The van der Waals surface area contributed by atoms with Gasteiger partial charge in [-0.15, -0.1) is 11.6 Å². The molecule has 3 nitrogen and oxygen atoms in total. The van der Waals surface area contributed by atoms with E-state index in [0.29, 0.717) is 17.9 Å². The van der Waals surface area contributed by atoms with Gasteiger partial charge in [-0.3, -0.25) is 0 Å². The first-order chi connectivity index (χ1) is 6.36. The summed E-state index contributed by atoms with van der Waals surface area (Å²) in [6.45, 7) is 2.12. The van der Waals surface area contributed by atoms with Gasteiger partial charge in [0.25, 0.3) is 0 Å². The molecule has 0 aliphatic rings. The van der Waals surface area contributed by atoms with Crippen LogP contribution in [0.5, 0.6) is 0 Å². The first-order valence-electron chi connectivity index (χ1n) is 4.46. The third-order valence-electron chi connectivity index (χ3n) is 1.85. The minimum atomic E-state index is 0.375. The summed E-state index contributed by atoms with van der Waals surface area (Å²) in [5.41, 5.74) is 0. The lowest BCUT2D eigenvalue weighted by Gasteiger charge is -2.14. The summed E-state index contributed by atoms with van der Waals surface area (Å²) in [5.74, 6) is 1.35. The SMILES string of the molecule is CCC(CCCl)Nc1ncccn1. The number of hydrogen-bond donors (Lipinski definition) is 1. The van der Waals surface area contributed by atoms with Crippen LogP contribution < -0.4 is 5.32 Å². The first-order valence-corrected chi connectivity index (χ1v) is 4.99. The largest absolute Gasteiger partial charge is 0.351 e. The summed E-state index contributed by atoms with van der Waals surface area (Å²) in [6, 6.07) is 2.17. The minimum Gasteiger partial charge on any atom is -0.351 e. The zero-order chi connectivity index (χ0) is 9.52. The maximum Gasteiger partial charge on any atom is 0.222 e. The topological polar surface area (TPSA) is 37.8 Å². The van der Waals surface area contributed by atoms with Gasteiger partial charge >= 0.3 is 0 Å². The Labute approximate surface area is 83.5 Å². The van der Waals surface area contributed by atoms with Crippen LogP contribution >= 0.6 is 11.6 Å². The van der Waals surface area contributed by atoms with E-state index in [4.69, 9.17) is 11.6 Å². The molecule has 4 heteroatoms. The lowest BCUT2D eigenvalue weighted by Crippen LogP contribution is -2.20. The van der Waals surface area contributed by atoms with E-state index < -0.39 is 0 Å². The number of hydrogen-bond acceptors (Lipinski definition) is 3. The molecule has 0 aliphatic carbocycles. The predicted molar refractivity (Wildman–Crippen MR) is 55.1 cm³/mol. The molecule has 0 radical (unpaired) electrons. The second-order valence-electron chi connectivity index (χ2n) is 2.80. The predicted octanol–water partition coefficient (Wildman–Crippen LogP) is 2.30. The second kappa shape index (κ2) is 5.75. The van der Waals surface area contributed by atoms with Crippen LogP contribution in [0.3, 0.4) is 0 Å². The Morgan fingerprint density at radius 2 is 2.15 bits per heavy atom. The van der Waals surface area contributed by atoms with E-state index in [1.807, 2.05) is 0 Å². The van der Waals surface area contributed by atoms with Gasteiger partial charge in [0.05, 0.1) is 0 Å². The fourth-order valence-corrected chi connectivity index (χ4v) is 1.33. The van der Waals surface area contributed by atoms with Gasteiger partial charge in [0.15, 0.2) is 0 Å². The highest BCUT2D eigenvalue weighted by atomic mass is 35.5. The Hall–Kier alpha value is -0.830. The van der Waals surface area contributed by atoms with Crippen molar-refractivity contribution >= 4 is 17.5 Å². The Morgan fingerprint density at radius 3 is 2.69 bits per heavy atom. The molecule has 0 amide bonds. The third-order valence-corrected chi connectivity index (χ3v) is 2.07. The number of rotatable bonds is 5. The van der Waals surface area contributed by atoms with Crippen LogP contribution in [0.25, 0.3) is 0 Å². The third kappa shape index (κ3) is 3.59. The van der Waals surface area contributed by atoms with Crippen LogP contribution in [-0.4, -0.2) is 21.9 Å². The summed E-state index contributed by atoms with van der Waals surface area (Å²) in [7, 11) is 0. The highest BCUT2D eigenvalue weighted by Gasteiger charge is 2.05. The molecule has 1 unspecified atom stereocenters. The van der Waals surface area contributed by atoms with Gasteiger partial charge in [-0.05, 0) is 18.9 Å². The minimum absolute atomic E-state index is 0.375. The van der Waals surface area contributed by atoms with Crippen molar-refractivity contribution in [1.29, 1.82) is 0 Å². The quantitative estimate of drug-likeness (QED) is 0.740. The second-order valence-corrected chi connectivity index (χ2v) is 3.18. The van der Waals surface area contributed by atoms with E-state index in [-0.39, 0.29) is 0 Å². The summed E-state index contributed by atoms with van der Waals surface area (Å²) >= 11 is 5.66. The summed E-state index contributed by atoms with van der Waals surface area (Å²) < 4.78 is 0. The molecule has 1 rings (SSSR count). The van der Waals surface area contributed by atoms with Crippen molar-refractivity contribution in [2.75, 3.05) is 11.2 Å². The van der Waals surface area contributed by atoms with Crippen LogP contribution in [0.4, 0.5) is 5.95 Å². The molecule has 0 saturated heterocycles. The van der Waals surface area contributed by atoms with Crippen LogP contribution in [0.2, 0.25) is 0 Å². The van der Waals surface area contributed by atoms with Crippen LogP contribution in [-0.2, 0) is 0 Å². The standard InChI is InChI=1S/C9H14ClN3/c1-2-8(4-5-10)13-9-11-6-3-7-12-9/h3,6-8H,2,4-5H2,1H3,(H,11,12,13).